The molecule has 1 unspecified atom stereocenters. The highest BCUT2D eigenvalue weighted by atomic mass is 15.2. The van der Waals surface area contributed by atoms with E-state index in [9.17, 15) is 0 Å². The minimum atomic E-state index is 0.807. The van der Waals surface area contributed by atoms with Gasteiger partial charge in [0.15, 0.2) is 0 Å². The van der Waals surface area contributed by atoms with Gasteiger partial charge in [0.25, 0.3) is 0 Å². The van der Waals surface area contributed by atoms with Crippen LogP contribution in [0.25, 0.3) is 0 Å². The summed E-state index contributed by atoms with van der Waals surface area (Å²) in [5, 5.41) is 0. The summed E-state index contributed by atoms with van der Waals surface area (Å²) in [6.07, 6.45) is 14.2. The summed E-state index contributed by atoms with van der Waals surface area (Å²) < 4.78 is 0. The molecule has 0 aromatic carbocycles. The van der Waals surface area contributed by atoms with E-state index in [0.717, 1.165) is 18.6 Å². The maximum atomic E-state index is 5.76. The van der Waals surface area contributed by atoms with Crippen LogP contribution in [0.4, 0.5) is 0 Å². The molecule has 2 N–H and O–H groups in total. The third-order valence-corrected chi connectivity index (χ3v) is 4.47. The van der Waals surface area contributed by atoms with Crippen molar-refractivity contribution in [1.82, 2.24) is 4.90 Å². The zero-order chi connectivity index (χ0) is 11.2. The molecule has 0 amide bonds. The van der Waals surface area contributed by atoms with Crippen molar-refractivity contribution in [3.8, 4) is 0 Å². The first-order valence-electron chi connectivity index (χ1n) is 7.37. The quantitative estimate of drug-likeness (QED) is 0.747. The molecule has 0 aromatic heterocycles. The number of nitrogens with zero attached hydrogens (tertiary/aromatic N) is 1. The molecule has 1 aliphatic heterocycles. The molecule has 1 atom stereocenters. The summed E-state index contributed by atoms with van der Waals surface area (Å²) in [6, 6.07) is 1.70. The van der Waals surface area contributed by atoms with Crippen molar-refractivity contribution in [2.45, 2.75) is 76.3 Å². The van der Waals surface area contributed by atoms with Crippen molar-refractivity contribution in [3.63, 3.8) is 0 Å². The first kappa shape index (κ1) is 12.4. The Hall–Kier alpha value is -0.0800. The highest BCUT2D eigenvalue weighted by Crippen LogP contribution is 2.28. The van der Waals surface area contributed by atoms with E-state index >= 15 is 0 Å². The summed E-state index contributed by atoms with van der Waals surface area (Å²) in [4.78, 5) is 2.82. The van der Waals surface area contributed by atoms with E-state index in [1.807, 2.05) is 0 Å². The van der Waals surface area contributed by atoms with Crippen LogP contribution >= 0.6 is 0 Å². The standard InChI is InChI=1S/C14H28N2/c15-11-10-14-9-5-6-12-16(14)13-7-3-1-2-4-8-13/h13-14H,1-12,15H2. The lowest BCUT2D eigenvalue weighted by Crippen LogP contribution is -2.46. The molecular formula is C14H28N2. The normalized spacial score (nSPS) is 30.2. The van der Waals surface area contributed by atoms with Gasteiger partial charge in [0.1, 0.15) is 0 Å². The molecule has 2 heteroatoms. The number of likely N-dealkylation sites (tertiary alicyclic amines) is 1. The predicted octanol–water partition coefficient (Wildman–Crippen LogP) is 2.91. The maximum absolute atomic E-state index is 5.76. The molecule has 0 spiro atoms. The fourth-order valence-electron chi connectivity index (χ4n) is 3.60. The van der Waals surface area contributed by atoms with E-state index in [2.05, 4.69) is 4.90 Å². The number of hydrogen-bond acceptors (Lipinski definition) is 2. The Kier molecular flexibility index (Phi) is 5.11. The van der Waals surface area contributed by atoms with Crippen LogP contribution in [-0.2, 0) is 0 Å². The second kappa shape index (κ2) is 6.61. The zero-order valence-corrected chi connectivity index (χ0v) is 10.7. The van der Waals surface area contributed by atoms with Gasteiger partial charge in [-0.05, 0) is 45.2 Å². The van der Waals surface area contributed by atoms with Crippen LogP contribution in [0, 0.1) is 0 Å². The van der Waals surface area contributed by atoms with Crippen LogP contribution in [-0.4, -0.2) is 30.1 Å². The third-order valence-electron chi connectivity index (χ3n) is 4.47. The first-order chi connectivity index (χ1) is 7.92. The van der Waals surface area contributed by atoms with Crippen molar-refractivity contribution in [2.75, 3.05) is 13.1 Å². The zero-order valence-electron chi connectivity index (χ0n) is 10.7. The average Bonchev–Trinajstić information content (AvgIpc) is 2.59. The Bertz CT molecular complexity index is 183. The van der Waals surface area contributed by atoms with E-state index in [0.29, 0.717) is 0 Å². The molecule has 2 nitrogen and oxygen atoms in total. The van der Waals surface area contributed by atoms with Crippen LogP contribution < -0.4 is 5.73 Å². The Labute approximate surface area is 101 Å². The Morgan fingerprint density at radius 3 is 2.25 bits per heavy atom. The summed E-state index contributed by atoms with van der Waals surface area (Å²) in [5.41, 5.74) is 5.76. The van der Waals surface area contributed by atoms with E-state index < -0.39 is 0 Å². The topological polar surface area (TPSA) is 29.3 Å². The average molecular weight is 224 g/mol. The number of nitrogens with two attached hydrogens (primary N) is 1. The summed E-state index contributed by atoms with van der Waals surface area (Å²) in [5.74, 6) is 0. The summed E-state index contributed by atoms with van der Waals surface area (Å²) in [6.45, 7) is 2.21. The Morgan fingerprint density at radius 2 is 1.56 bits per heavy atom. The smallest absolute Gasteiger partial charge is 0.0110 e. The number of piperidine rings is 1. The number of hydrogen-bond donors (Lipinski definition) is 1. The predicted molar refractivity (Wildman–Crippen MR) is 69.5 cm³/mol. The minimum Gasteiger partial charge on any atom is -0.330 e. The van der Waals surface area contributed by atoms with Crippen molar-refractivity contribution in [1.29, 1.82) is 0 Å². The molecule has 1 aliphatic carbocycles. The lowest BCUT2D eigenvalue weighted by atomic mass is 9.94. The first-order valence-corrected chi connectivity index (χ1v) is 7.37. The van der Waals surface area contributed by atoms with Gasteiger partial charge in [0, 0.05) is 12.1 Å². The van der Waals surface area contributed by atoms with Gasteiger partial charge < -0.3 is 5.73 Å². The monoisotopic (exact) mass is 224 g/mol. The largest absolute Gasteiger partial charge is 0.330 e. The highest BCUT2D eigenvalue weighted by molar-refractivity contribution is 4.84. The molecule has 16 heavy (non-hydrogen) atoms. The van der Waals surface area contributed by atoms with Crippen LogP contribution in [0.3, 0.4) is 0 Å². The Balaban J connectivity index is 1.92. The maximum Gasteiger partial charge on any atom is 0.0110 e. The van der Waals surface area contributed by atoms with Gasteiger partial charge in [-0.25, -0.2) is 0 Å². The molecule has 1 heterocycles. The molecule has 2 fully saturated rings. The van der Waals surface area contributed by atoms with Gasteiger partial charge >= 0.3 is 0 Å². The fourth-order valence-corrected chi connectivity index (χ4v) is 3.60. The van der Waals surface area contributed by atoms with Crippen molar-refractivity contribution >= 4 is 0 Å². The minimum absolute atomic E-state index is 0.807. The van der Waals surface area contributed by atoms with E-state index in [1.54, 1.807) is 0 Å². The molecule has 0 aromatic rings. The third kappa shape index (κ3) is 3.21. The molecule has 1 saturated heterocycles. The molecule has 94 valence electrons. The molecule has 1 saturated carbocycles. The highest BCUT2D eigenvalue weighted by Gasteiger charge is 2.28. The van der Waals surface area contributed by atoms with Gasteiger partial charge in [-0.15, -0.1) is 0 Å². The van der Waals surface area contributed by atoms with Gasteiger partial charge in [0.2, 0.25) is 0 Å². The molecule has 2 rings (SSSR count). The lowest BCUT2D eigenvalue weighted by Gasteiger charge is -2.41. The summed E-state index contributed by atoms with van der Waals surface area (Å²) >= 11 is 0. The number of rotatable bonds is 3. The van der Waals surface area contributed by atoms with Crippen LogP contribution in [0.15, 0.2) is 0 Å². The van der Waals surface area contributed by atoms with Gasteiger partial charge in [-0.3, -0.25) is 4.90 Å². The Morgan fingerprint density at radius 1 is 0.875 bits per heavy atom. The van der Waals surface area contributed by atoms with Crippen LogP contribution in [0.5, 0.6) is 0 Å². The van der Waals surface area contributed by atoms with Crippen molar-refractivity contribution < 1.29 is 0 Å². The summed E-state index contributed by atoms with van der Waals surface area (Å²) in [7, 11) is 0. The lowest BCUT2D eigenvalue weighted by molar-refractivity contribution is 0.0813. The van der Waals surface area contributed by atoms with Crippen LogP contribution in [0.1, 0.15) is 64.2 Å². The van der Waals surface area contributed by atoms with Gasteiger partial charge in [-0.1, -0.05) is 32.1 Å². The molecule has 0 bridgehead atoms. The van der Waals surface area contributed by atoms with Crippen molar-refractivity contribution in [3.05, 3.63) is 0 Å². The fraction of sp³-hybridized carbons (Fsp3) is 1.00. The molecule has 0 radical (unpaired) electrons. The van der Waals surface area contributed by atoms with Crippen LogP contribution in [0.2, 0.25) is 0 Å². The SMILES string of the molecule is NCCC1CCCCN1C1CCCCCC1. The van der Waals surface area contributed by atoms with Crippen molar-refractivity contribution in [2.24, 2.45) is 5.73 Å². The van der Waals surface area contributed by atoms with E-state index in [4.69, 9.17) is 5.73 Å². The molecular weight excluding hydrogens is 196 g/mol. The second-order valence-corrected chi connectivity index (χ2v) is 5.61. The van der Waals surface area contributed by atoms with Gasteiger partial charge in [-0.2, -0.15) is 0 Å². The molecule has 2 aliphatic rings. The van der Waals surface area contributed by atoms with Gasteiger partial charge in [0.05, 0.1) is 0 Å². The second-order valence-electron chi connectivity index (χ2n) is 5.61. The van der Waals surface area contributed by atoms with E-state index in [1.165, 1.54) is 70.8 Å². The van der Waals surface area contributed by atoms with E-state index in [-0.39, 0.29) is 0 Å².